The molecule has 1 aromatic carbocycles. The van der Waals surface area contributed by atoms with Gasteiger partial charge in [0.05, 0.1) is 16.5 Å². The Bertz CT molecular complexity index is 492. The maximum atomic E-state index is 11.1. The van der Waals surface area contributed by atoms with E-state index in [-0.39, 0.29) is 4.91 Å². The van der Waals surface area contributed by atoms with Crippen LogP contribution in [0.3, 0.4) is 0 Å². The van der Waals surface area contributed by atoms with Crippen LogP contribution in [0.4, 0.5) is 0 Å². The van der Waals surface area contributed by atoms with Crippen molar-refractivity contribution in [2.75, 3.05) is 6.26 Å². The number of hydrogen-bond donors (Lipinski definition) is 0. The Morgan fingerprint density at radius 2 is 1.86 bits per heavy atom. The van der Waals surface area contributed by atoms with Gasteiger partial charge in [-0.05, 0) is 17.7 Å². The van der Waals surface area contributed by atoms with E-state index in [0.29, 0.717) is 11.1 Å². The summed E-state index contributed by atoms with van der Waals surface area (Å²) in [6.07, 6.45) is 1.10. The van der Waals surface area contributed by atoms with Crippen LogP contribution in [0.5, 0.6) is 0 Å². The molecule has 0 N–H and O–H groups in total. The van der Waals surface area contributed by atoms with Gasteiger partial charge in [-0.2, -0.15) is 5.26 Å². The van der Waals surface area contributed by atoms with Crippen LogP contribution in [0.2, 0.25) is 0 Å². The number of nitrogens with zero attached hydrogens (tertiary/aromatic N) is 1. The molecule has 0 heterocycles. The normalized spacial score (nSPS) is 10.6. The highest BCUT2D eigenvalue weighted by molar-refractivity contribution is 7.99. The lowest BCUT2D eigenvalue weighted by molar-refractivity contribution is 0.611. The Morgan fingerprint density at radius 3 is 2.21 bits per heavy atom. The minimum absolute atomic E-state index is 0.0713. The monoisotopic (exact) mass is 207 g/mol. The van der Waals surface area contributed by atoms with Crippen LogP contribution in [-0.4, -0.2) is 14.7 Å². The van der Waals surface area contributed by atoms with E-state index in [1.165, 1.54) is 0 Å². The molecule has 0 unspecified atom stereocenters. The third kappa shape index (κ3) is 2.21. The Balaban J connectivity index is 3.13. The lowest BCUT2D eigenvalue weighted by Gasteiger charge is -2.02. The molecule has 0 radical (unpaired) electrons. The molecular formula is C10H9NO2S. The van der Waals surface area contributed by atoms with Crippen molar-refractivity contribution in [3.63, 3.8) is 0 Å². The molecule has 0 bridgehead atoms. The molecule has 72 valence electrons. The molecule has 0 aliphatic rings. The Labute approximate surface area is 83.2 Å². The van der Waals surface area contributed by atoms with Crippen LogP contribution in [0, 0.1) is 11.3 Å². The van der Waals surface area contributed by atoms with Crippen LogP contribution in [0.15, 0.2) is 30.8 Å². The molecule has 14 heavy (non-hydrogen) atoms. The molecule has 1 aromatic rings. The average Bonchev–Trinajstić information content (AvgIpc) is 2.15. The van der Waals surface area contributed by atoms with Crippen LogP contribution >= 0.6 is 0 Å². The SMILES string of the molecule is C=C(c1ccc(C#N)cc1)S(C)(=O)=O. The number of benzene rings is 1. The quantitative estimate of drug-likeness (QED) is 0.739. The second-order valence-electron chi connectivity index (χ2n) is 2.88. The summed E-state index contributed by atoms with van der Waals surface area (Å²) >= 11 is 0. The smallest absolute Gasteiger partial charge is 0.175 e. The van der Waals surface area contributed by atoms with Crippen LogP contribution in [0.25, 0.3) is 4.91 Å². The molecule has 3 nitrogen and oxygen atoms in total. The molecule has 0 aromatic heterocycles. The highest BCUT2D eigenvalue weighted by Gasteiger charge is 2.10. The first-order chi connectivity index (χ1) is 6.45. The van der Waals surface area contributed by atoms with Gasteiger partial charge in [-0.3, -0.25) is 0 Å². The maximum absolute atomic E-state index is 11.1. The molecule has 0 saturated carbocycles. The summed E-state index contributed by atoms with van der Waals surface area (Å²) in [5.74, 6) is 0. The number of hydrogen-bond acceptors (Lipinski definition) is 3. The van der Waals surface area contributed by atoms with E-state index < -0.39 is 9.84 Å². The first-order valence-corrected chi connectivity index (χ1v) is 5.74. The summed E-state index contributed by atoms with van der Waals surface area (Å²) < 4.78 is 22.2. The summed E-state index contributed by atoms with van der Waals surface area (Å²) in [4.78, 5) is 0.0713. The van der Waals surface area contributed by atoms with Crippen molar-refractivity contribution in [3.8, 4) is 6.07 Å². The lowest BCUT2D eigenvalue weighted by atomic mass is 10.1. The predicted octanol–water partition coefficient (Wildman–Crippen LogP) is 1.57. The second-order valence-corrected chi connectivity index (χ2v) is 4.92. The molecule has 0 amide bonds. The van der Waals surface area contributed by atoms with Crippen molar-refractivity contribution < 1.29 is 8.42 Å². The molecule has 0 aliphatic heterocycles. The zero-order valence-corrected chi connectivity index (χ0v) is 8.50. The largest absolute Gasteiger partial charge is 0.224 e. The van der Waals surface area contributed by atoms with Gasteiger partial charge >= 0.3 is 0 Å². The van der Waals surface area contributed by atoms with E-state index in [4.69, 9.17) is 5.26 Å². The van der Waals surface area contributed by atoms with Gasteiger partial charge in [-0.1, -0.05) is 18.7 Å². The summed E-state index contributed by atoms with van der Waals surface area (Å²) in [5.41, 5.74) is 1.02. The fourth-order valence-electron chi connectivity index (χ4n) is 0.945. The molecule has 0 spiro atoms. The molecule has 1 rings (SSSR count). The highest BCUT2D eigenvalue weighted by Crippen LogP contribution is 2.17. The van der Waals surface area contributed by atoms with E-state index in [2.05, 4.69) is 6.58 Å². The standard InChI is InChI=1S/C10H9NO2S/c1-8(14(2,12)13)10-5-3-9(7-11)4-6-10/h3-6H,1H2,2H3. The summed E-state index contributed by atoms with van der Waals surface area (Å²) in [6, 6.07) is 8.22. The molecule has 0 fully saturated rings. The zero-order valence-electron chi connectivity index (χ0n) is 7.69. The summed E-state index contributed by atoms with van der Waals surface area (Å²) in [6.45, 7) is 3.48. The number of sulfone groups is 1. The topological polar surface area (TPSA) is 57.9 Å². The highest BCUT2D eigenvalue weighted by atomic mass is 32.2. The van der Waals surface area contributed by atoms with Crippen molar-refractivity contribution in [1.82, 2.24) is 0 Å². The molecule has 0 aliphatic carbocycles. The van der Waals surface area contributed by atoms with Crippen LogP contribution in [-0.2, 0) is 9.84 Å². The molecule has 0 saturated heterocycles. The fraction of sp³-hybridized carbons (Fsp3) is 0.100. The average molecular weight is 207 g/mol. The third-order valence-electron chi connectivity index (χ3n) is 1.78. The van der Waals surface area contributed by atoms with Gasteiger partial charge in [0.25, 0.3) is 0 Å². The number of rotatable bonds is 2. The van der Waals surface area contributed by atoms with Gasteiger partial charge in [0.1, 0.15) is 0 Å². The zero-order chi connectivity index (χ0) is 10.8. The van der Waals surface area contributed by atoms with Gasteiger partial charge in [-0.25, -0.2) is 8.42 Å². The minimum Gasteiger partial charge on any atom is -0.224 e. The van der Waals surface area contributed by atoms with Gasteiger partial charge in [0.2, 0.25) is 0 Å². The van der Waals surface area contributed by atoms with Gasteiger partial charge < -0.3 is 0 Å². The number of nitriles is 1. The van der Waals surface area contributed by atoms with Crippen LogP contribution < -0.4 is 0 Å². The Hall–Kier alpha value is -1.60. The summed E-state index contributed by atoms with van der Waals surface area (Å²) in [5, 5.41) is 8.54. The van der Waals surface area contributed by atoms with Crippen molar-refractivity contribution in [2.45, 2.75) is 0 Å². The van der Waals surface area contributed by atoms with Crippen molar-refractivity contribution in [1.29, 1.82) is 5.26 Å². The van der Waals surface area contributed by atoms with Crippen LogP contribution in [0.1, 0.15) is 11.1 Å². The van der Waals surface area contributed by atoms with E-state index in [1.807, 2.05) is 6.07 Å². The van der Waals surface area contributed by atoms with Crippen molar-refractivity contribution in [3.05, 3.63) is 42.0 Å². The van der Waals surface area contributed by atoms with E-state index >= 15 is 0 Å². The van der Waals surface area contributed by atoms with Gasteiger partial charge in [0, 0.05) is 6.26 Å². The van der Waals surface area contributed by atoms with Crippen molar-refractivity contribution >= 4 is 14.7 Å². The fourth-order valence-corrected chi connectivity index (χ4v) is 1.51. The van der Waals surface area contributed by atoms with E-state index in [0.717, 1.165) is 6.26 Å². The van der Waals surface area contributed by atoms with E-state index in [9.17, 15) is 8.42 Å². The predicted molar refractivity (Wildman–Crippen MR) is 55.0 cm³/mol. The minimum atomic E-state index is -3.25. The maximum Gasteiger partial charge on any atom is 0.175 e. The Kier molecular flexibility index (Phi) is 2.73. The third-order valence-corrected chi connectivity index (χ3v) is 2.91. The summed E-state index contributed by atoms with van der Waals surface area (Å²) in [7, 11) is -3.25. The van der Waals surface area contributed by atoms with E-state index in [1.54, 1.807) is 24.3 Å². The first kappa shape index (κ1) is 10.5. The van der Waals surface area contributed by atoms with Gasteiger partial charge in [0.15, 0.2) is 9.84 Å². The van der Waals surface area contributed by atoms with Crippen molar-refractivity contribution in [2.24, 2.45) is 0 Å². The second kappa shape index (κ2) is 3.64. The molecule has 4 heteroatoms. The lowest BCUT2D eigenvalue weighted by Crippen LogP contribution is -1.98. The first-order valence-electron chi connectivity index (χ1n) is 3.84. The molecular weight excluding hydrogens is 198 g/mol. The molecule has 0 atom stereocenters. The Morgan fingerprint density at radius 1 is 1.36 bits per heavy atom. The van der Waals surface area contributed by atoms with Gasteiger partial charge in [-0.15, -0.1) is 0 Å².